The molecule has 1 aliphatic heterocycles. The van der Waals surface area contributed by atoms with Gasteiger partial charge in [0.15, 0.2) is 0 Å². The van der Waals surface area contributed by atoms with Gasteiger partial charge in [0.05, 0.1) is 11.9 Å². The minimum Gasteiger partial charge on any atom is -0.369 e. The Balaban J connectivity index is 2.21. The zero-order valence-corrected chi connectivity index (χ0v) is 10.8. The van der Waals surface area contributed by atoms with Crippen LogP contribution >= 0.6 is 0 Å². The Morgan fingerprint density at radius 1 is 1.47 bits per heavy atom. The van der Waals surface area contributed by atoms with E-state index in [1.165, 1.54) is 12.3 Å². The number of anilines is 1. The maximum absolute atomic E-state index is 14.1. The Bertz CT molecular complexity index is 510. The molecule has 2 rings (SSSR count). The fourth-order valence-corrected chi connectivity index (χ4v) is 2.19. The third-order valence-electron chi connectivity index (χ3n) is 3.16. The van der Waals surface area contributed by atoms with Gasteiger partial charge in [0.2, 0.25) is 0 Å². The Labute approximate surface area is 111 Å². The number of carbonyl (C=O) groups is 1. The average molecular weight is 264 g/mol. The summed E-state index contributed by atoms with van der Waals surface area (Å²) in [5, 5.41) is 3.64. The molecule has 1 heterocycles. The topological polar surface area (TPSA) is 70.7 Å². The molecule has 1 aromatic carbocycles. The van der Waals surface area contributed by atoms with E-state index in [2.05, 4.69) is 10.5 Å². The molecule has 1 aromatic rings. The Morgan fingerprint density at radius 3 is 2.79 bits per heavy atom. The standard InChI is InChI=1S/C13H17FN4O/c1-9-6-12(18-4-2-3-5-18)11(14)7-10(9)8-16-17-13(15)19/h6-8H,2-5H2,1H3,(H3,15,17,19)/b16-8-. The summed E-state index contributed by atoms with van der Waals surface area (Å²) in [5.74, 6) is -0.270. The minimum atomic E-state index is -0.747. The Morgan fingerprint density at radius 2 is 2.16 bits per heavy atom. The van der Waals surface area contributed by atoms with E-state index in [4.69, 9.17) is 5.73 Å². The number of hydrazone groups is 1. The summed E-state index contributed by atoms with van der Waals surface area (Å²) >= 11 is 0. The lowest BCUT2D eigenvalue weighted by Crippen LogP contribution is -2.24. The quantitative estimate of drug-likeness (QED) is 0.644. The number of primary amides is 1. The fraction of sp³-hybridized carbons (Fsp3) is 0.385. The van der Waals surface area contributed by atoms with Crippen molar-refractivity contribution in [3.8, 4) is 0 Å². The van der Waals surface area contributed by atoms with Gasteiger partial charge in [0.25, 0.3) is 0 Å². The molecule has 0 spiro atoms. The van der Waals surface area contributed by atoms with Gasteiger partial charge in [0, 0.05) is 18.7 Å². The lowest BCUT2D eigenvalue weighted by molar-refractivity contribution is 0.249. The van der Waals surface area contributed by atoms with Crippen LogP contribution in [0.25, 0.3) is 0 Å². The van der Waals surface area contributed by atoms with Crippen LogP contribution in [0.4, 0.5) is 14.9 Å². The van der Waals surface area contributed by atoms with E-state index in [-0.39, 0.29) is 5.82 Å². The highest BCUT2D eigenvalue weighted by Crippen LogP contribution is 2.26. The van der Waals surface area contributed by atoms with E-state index in [1.807, 2.05) is 17.9 Å². The number of amides is 2. The van der Waals surface area contributed by atoms with Crippen LogP contribution in [0.5, 0.6) is 0 Å². The lowest BCUT2D eigenvalue weighted by Gasteiger charge is -2.19. The van der Waals surface area contributed by atoms with Crippen LogP contribution in [0.2, 0.25) is 0 Å². The molecule has 6 heteroatoms. The van der Waals surface area contributed by atoms with Gasteiger partial charge >= 0.3 is 6.03 Å². The molecule has 19 heavy (non-hydrogen) atoms. The van der Waals surface area contributed by atoms with Crippen molar-refractivity contribution in [2.45, 2.75) is 19.8 Å². The highest BCUT2D eigenvalue weighted by molar-refractivity contribution is 5.84. The SMILES string of the molecule is Cc1cc(N2CCCC2)c(F)cc1/C=N\NC(N)=O. The van der Waals surface area contributed by atoms with Crippen LogP contribution in [0.1, 0.15) is 24.0 Å². The molecule has 2 amide bonds. The van der Waals surface area contributed by atoms with Crippen molar-refractivity contribution in [2.75, 3.05) is 18.0 Å². The first-order valence-electron chi connectivity index (χ1n) is 6.21. The number of nitrogens with two attached hydrogens (primary N) is 1. The van der Waals surface area contributed by atoms with Crippen LogP contribution in [-0.2, 0) is 0 Å². The summed E-state index contributed by atoms with van der Waals surface area (Å²) in [7, 11) is 0. The lowest BCUT2D eigenvalue weighted by atomic mass is 10.1. The zero-order chi connectivity index (χ0) is 13.8. The second-order valence-electron chi connectivity index (χ2n) is 4.59. The van der Waals surface area contributed by atoms with Crippen molar-refractivity contribution in [1.82, 2.24) is 5.43 Å². The summed E-state index contributed by atoms with van der Waals surface area (Å²) in [6.07, 6.45) is 3.59. The molecule has 0 aliphatic carbocycles. The largest absolute Gasteiger partial charge is 0.369 e. The number of aryl methyl sites for hydroxylation is 1. The van der Waals surface area contributed by atoms with Gasteiger partial charge in [0.1, 0.15) is 5.82 Å². The molecule has 0 saturated carbocycles. The number of benzene rings is 1. The van der Waals surface area contributed by atoms with Crippen molar-refractivity contribution in [1.29, 1.82) is 0 Å². The van der Waals surface area contributed by atoms with Crippen LogP contribution in [0.15, 0.2) is 17.2 Å². The zero-order valence-electron chi connectivity index (χ0n) is 10.8. The average Bonchev–Trinajstić information content (AvgIpc) is 2.86. The molecule has 1 aliphatic rings. The highest BCUT2D eigenvalue weighted by atomic mass is 19.1. The third kappa shape index (κ3) is 3.21. The number of hydrogen-bond donors (Lipinski definition) is 2. The summed E-state index contributed by atoms with van der Waals surface area (Å²) in [5.41, 5.74) is 9.13. The van der Waals surface area contributed by atoms with Crippen LogP contribution < -0.4 is 16.1 Å². The van der Waals surface area contributed by atoms with E-state index in [1.54, 1.807) is 0 Å². The van der Waals surface area contributed by atoms with Gasteiger partial charge in [-0.2, -0.15) is 5.10 Å². The highest BCUT2D eigenvalue weighted by Gasteiger charge is 2.17. The van der Waals surface area contributed by atoms with Gasteiger partial charge in [-0.05, 0) is 37.5 Å². The molecule has 5 nitrogen and oxygen atoms in total. The second-order valence-corrected chi connectivity index (χ2v) is 4.59. The first kappa shape index (κ1) is 13.3. The maximum atomic E-state index is 14.1. The van der Waals surface area contributed by atoms with Crippen molar-refractivity contribution in [3.05, 3.63) is 29.1 Å². The predicted octanol–water partition coefficient (Wildman–Crippen LogP) is 1.74. The molecule has 3 N–H and O–H groups in total. The van der Waals surface area contributed by atoms with E-state index in [0.29, 0.717) is 11.3 Å². The maximum Gasteiger partial charge on any atom is 0.332 e. The van der Waals surface area contributed by atoms with Crippen molar-refractivity contribution >= 4 is 17.9 Å². The Hall–Kier alpha value is -2.11. The summed E-state index contributed by atoms with van der Waals surface area (Å²) in [4.78, 5) is 12.5. The molecule has 0 aromatic heterocycles. The third-order valence-corrected chi connectivity index (χ3v) is 3.16. The molecule has 1 saturated heterocycles. The monoisotopic (exact) mass is 264 g/mol. The van der Waals surface area contributed by atoms with Crippen LogP contribution in [0.3, 0.4) is 0 Å². The smallest absolute Gasteiger partial charge is 0.332 e. The van der Waals surface area contributed by atoms with Gasteiger partial charge in [-0.1, -0.05) is 0 Å². The molecule has 0 bridgehead atoms. The van der Waals surface area contributed by atoms with E-state index >= 15 is 0 Å². The number of rotatable bonds is 3. The van der Waals surface area contributed by atoms with Crippen molar-refractivity contribution < 1.29 is 9.18 Å². The summed E-state index contributed by atoms with van der Waals surface area (Å²) in [6, 6.07) is 2.49. The summed E-state index contributed by atoms with van der Waals surface area (Å²) < 4.78 is 14.1. The second kappa shape index (κ2) is 5.69. The van der Waals surface area contributed by atoms with Gasteiger partial charge < -0.3 is 10.6 Å². The molecule has 0 radical (unpaired) electrons. The molecule has 0 atom stereocenters. The fourth-order valence-electron chi connectivity index (χ4n) is 2.19. The van der Waals surface area contributed by atoms with Crippen molar-refractivity contribution in [3.63, 3.8) is 0 Å². The van der Waals surface area contributed by atoms with Crippen LogP contribution in [-0.4, -0.2) is 25.3 Å². The number of halogens is 1. The predicted molar refractivity (Wildman–Crippen MR) is 72.9 cm³/mol. The molecular formula is C13H17FN4O. The molecule has 0 unspecified atom stereocenters. The number of nitrogens with zero attached hydrogens (tertiary/aromatic N) is 2. The first-order valence-corrected chi connectivity index (χ1v) is 6.21. The number of hydrogen-bond acceptors (Lipinski definition) is 3. The van der Waals surface area contributed by atoms with Gasteiger partial charge in [-0.15, -0.1) is 0 Å². The van der Waals surface area contributed by atoms with E-state index < -0.39 is 6.03 Å². The molecule has 1 fully saturated rings. The number of nitrogens with one attached hydrogen (secondary N) is 1. The normalized spacial score (nSPS) is 15.2. The molecule has 102 valence electrons. The van der Waals surface area contributed by atoms with Gasteiger partial charge in [-0.3, -0.25) is 0 Å². The van der Waals surface area contributed by atoms with E-state index in [0.717, 1.165) is 31.5 Å². The van der Waals surface area contributed by atoms with Crippen molar-refractivity contribution in [2.24, 2.45) is 10.8 Å². The molecular weight excluding hydrogens is 247 g/mol. The van der Waals surface area contributed by atoms with E-state index in [9.17, 15) is 9.18 Å². The van der Waals surface area contributed by atoms with Crippen LogP contribution in [0, 0.1) is 12.7 Å². The first-order chi connectivity index (χ1) is 9.08. The van der Waals surface area contributed by atoms with Gasteiger partial charge in [-0.25, -0.2) is 14.6 Å². The number of carbonyl (C=O) groups excluding carboxylic acids is 1. The Kier molecular flexibility index (Phi) is 3.99. The summed E-state index contributed by atoms with van der Waals surface area (Å²) in [6.45, 7) is 3.67. The minimum absolute atomic E-state index is 0.270. The number of urea groups is 1.